The van der Waals surface area contributed by atoms with Crippen LogP contribution in [0.5, 0.6) is 0 Å². The molecule has 3 atom stereocenters. The highest BCUT2D eigenvalue weighted by molar-refractivity contribution is 5.88. The van der Waals surface area contributed by atoms with Crippen LogP contribution in [-0.2, 0) is 38.1 Å². The van der Waals surface area contributed by atoms with Gasteiger partial charge in [-0.15, -0.1) is 0 Å². The summed E-state index contributed by atoms with van der Waals surface area (Å²) in [5.41, 5.74) is -5.44. The molecule has 4 N–H and O–H groups in total. The van der Waals surface area contributed by atoms with Gasteiger partial charge in [-0.25, -0.2) is 0 Å². The molecule has 16 nitrogen and oxygen atoms in total. The van der Waals surface area contributed by atoms with Crippen LogP contribution < -0.4 is 0 Å². The molecule has 3 heterocycles. The second-order valence-corrected chi connectivity index (χ2v) is 22.5. The van der Waals surface area contributed by atoms with Crippen molar-refractivity contribution in [2.75, 3.05) is 6.54 Å². The third kappa shape index (κ3) is 13.3. The molecule has 0 spiro atoms. The number of rotatable bonds is 17. The Balaban J connectivity index is 2.08. The van der Waals surface area contributed by atoms with Crippen LogP contribution in [0.15, 0.2) is 0 Å². The number of carbonyl (C=O) groups excluding carboxylic acids is 4. The fraction of sp³-hybridized carbons (Fsp3) is 0.911. The Morgan fingerprint density at radius 2 is 0.902 bits per heavy atom. The van der Waals surface area contributed by atoms with Crippen LogP contribution in [0.2, 0.25) is 0 Å². The summed E-state index contributed by atoms with van der Waals surface area (Å²) >= 11 is 0. The zero-order valence-corrected chi connectivity index (χ0v) is 40.3. The minimum atomic E-state index is -1.54. The van der Waals surface area contributed by atoms with Crippen molar-refractivity contribution in [2.24, 2.45) is 11.8 Å². The molecule has 0 amide bonds. The van der Waals surface area contributed by atoms with Gasteiger partial charge in [-0.3, -0.25) is 19.2 Å². The topological polar surface area (TPSA) is 199 Å². The Morgan fingerprint density at radius 1 is 0.590 bits per heavy atom. The maximum Gasteiger partial charge on any atom is 0.310 e. The highest BCUT2D eigenvalue weighted by atomic mass is 16.6. The van der Waals surface area contributed by atoms with E-state index in [2.05, 4.69) is 0 Å². The highest BCUT2D eigenvalue weighted by Crippen LogP contribution is 2.42. The number of hydrogen-bond acceptors (Lipinski definition) is 16. The quantitative estimate of drug-likeness (QED) is 0.0638. The maximum absolute atomic E-state index is 14.7. The van der Waals surface area contributed by atoms with Gasteiger partial charge in [0, 0.05) is 90.3 Å². The Hall–Kier alpha value is -2.44. The van der Waals surface area contributed by atoms with E-state index in [9.17, 15) is 40.0 Å². The number of carbonyl (C=O) groups is 4. The van der Waals surface area contributed by atoms with Gasteiger partial charge in [0.25, 0.3) is 0 Å². The van der Waals surface area contributed by atoms with Crippen LogP contribution in [0.25, 0.3) is 0 Å². The first kappa shape index (κ1) is 52.9. The van der Waals surface area contributed by atoms with Gasteiger partial charge in [0.2, 0.25) is 0 Å². The molecular formula is C45H82N4O12. The molecule has 354 valence electrons. The van der Waals surface area contributed by atoms with Crippen molar-refractivity contribution >= 4 is 23.9 Å². The zero-order chi connectivity index (χ0) is 46.9. The molecule has 0 radical (unpaired) electrons. The molecule has 3 fully saturated rings. The number of esters is 4. The molecule has 0 aromatic rings. The molecule has 61 heavy (non-hydrogen) atoms. The smallest absolute Gasteiger partial charge is 0.310 e. The van der Waals surface area contributed by atoms with E-state index in [4.69, 9.17) is 18.9 Å². The van der Waals surface area contributed by atoms with E-state index in [0.29, 0.717) is 32.2 Å². The molecule has 3 saturated heterocycles. The molecule has 0 aromatic heterocycles. The standard InChI is InChI=1S/C45H82N4O12/c1-17-19-29(22-39(3,4)46(54)18-2)58-35(50)20-33(37(52)60-31-25-42(9,10)48(56)43(11,12)26-31)34(38(53)61-32-27-44(13,14)49(57)45(15,16)28-32)21-36(51)59-30-23-40(5,6)47(55)41(7,8)24-30/h29-34,54-57H,17-28H2,1-16H3. The molecule has 0 aliphatic carbocycles. The Kier molecular flexibility index (Phi) is 16.8. The van der Waals surface area contributed by atoms with Gasteiger partial charge in [-0.1, -0.05) is 20.3 Å². The fourth-order valence-electron chi connectivity index (χ4n) is 10.5. The lowest BCUT2D eigenvalue weighted by molar-refractivity contribution is -0.261. The van der Waals surface area contributed by atoms with Crippen LogP contribution >= 0.6 is 0 Å². The van der Waals surface area contributed by atoms with E-state index in [0.717, 1.165) is 0 Å². The van der Waals surface area contributed by atoms with Gasteiger partial charge in [-0.05, 0) is 103 Å². The Labute approximate surface area is 365 Å². The van der Waals surface area contributed by atoms with Gasteiger partial charge in [0.1, 0.15) is 24.4 Å². The van der Waals surface area contributed by atoms with Crippen molar-refractivity contribution in [1.29, 1.82) is 0 Å². The van der Waals surface area contributed by atoms with Gasteiger partial charge in [0.05, 0.1) is 24.7 Å². The minimum absolute atomic E-state index is 0.245. The molecule has 3 aliphatic rings. The first-order valence-electron chi connectivity index (χ1n) is 22.3. The molecular weight excluding hydrogens is 789 g/mol. The van der Waals surface area contributed by atoms with Crippen molar-refractivity contribution in [2.45, 2.75) is 245 Å². The number of piperidine rings is 3. The van der Waals surface area contributed by atoms with Crippen molar-refractivity contribution in [3.8, 4) is 0 Å². The number of hydroxylamine groups is 8. The summed E-state index contributed by atoms with van der Waals surface area (Å²) in [6.07, 6.45) is -0.975. The molecule has 16 heteroatoms. The average Bonchev–Trinajstić information content (AvgIpc) is 3.08. The van der Waals surface area contributed by atoms with E-state index < -0.39 is 112 Å². The predicted octanol–water partition coefficient (Wildman–Crippen LogP) is 7.45. The summed E-state index contributed by atoms with van der Waals surface area (Å²) in [6.45, 7) is 29.7. The van der Waals surface area contributed by atoms with Gasteiger partial charge in [-0.2, -0.15) is 20.3 Å². The molecule has 0 bridgehead atoms. The molecule has 3 unspecified atom stereocenters. The lowest BCUT2D eigenvalue weighted by atomic mass is 9.79. The van der Waals surface area contributed by atoms with Gasteiger partial charge < -0.3 is 39.8 Å². The number of nitrogens with zero attached hydrogens (tertiary/aromatic N) is 4. The predicted molar refractivity (Wildman–Crippen MR) is 227 cm³/mol. The summed E-state index contributed by atoms with van der Waals surface area (Å²) in [6, 6.07) is 0. The SMILES string of the molecule is CCCC(CC(C)(C)N(O)CC)OC(=O)CC(C(=O)OC1CC(C)(C)N(O)C(C)(C)C1)C(CC(=O)OC1CC(C)(C)N(O)C(C)(C)C1)C(=O)OC1CC(C)(C)N(O)C(C)(C)C1. The van der Waals surface area contributed by atoms with E-state index >= 15 is 0 Å². The average molecular weight is 871 g/mol. The highest BCUT2D eigenvalue weighted by Gasteiger charge is 2.51. The summed E-state index contributed by atoms with van der Waals surface area (Å²) in [5, 5.41) is 48.4. The molecule has 0 aromatic carbocycles. The van der Waals surface area contributed by atoms with Crippen molar-refractivity contribution < 1.29 is 59.0 Å². The lowest BCUT2D eigenvalue weighted by Crippen LogP contribution is -2.61. The van der Waals surface area contributed by atoms with Gasteiger partial charge >= 0.3 is 23.9 Å². The third-order valence-electron chi connectivity index (χ3n) is 13.2. The van der Waals surface area contributed by atoms with Crippen molar-refractivity contribution in [1.82, 2.24) is 20.3 Å². The summed E-state index contributed by atoms with van der Waals surface area (Å²) in [7, 11) is 0. The number of hydrogen-bond donors (Lipinski definition) is 4. The molecule has 0 saturated carbocycles. The first-order chi connectivity index (χ1) is 27.6. The van der Waals surface area contributed by atoms with E-state index in [1.165, 1.54) is 20.3 Å². The van der Waals surface area contributed by atoms with Crippen LogP contribution in [0.1, 0.15) is 181 Å². The monoisotopic (exact) mass is 871 g/mol. The van der Waals surface area contributed by atoms with Crippen LogP contribution in [-0.4, -0.2) is 135 Å². The van der Waals surface area contributed by atoms with Gasteiger partial charge in [0.15, 0.2) is 0 Å². The molecule has 3 rings (SSSR count). The van der Waals surface area contributed by atoms with E-state index in [1.54, 1.807) is 0 Å². The van der Waals surface area contributed by atoms with E-state index in [1.807, 2.05) is 111 Å². The minimum Gasteiger partial charge on any atom is -0.462 e. The van der Waals surface area contributed by atoms with Crippen LogP contribution in [0.3, 0.4) is 0 Å². The second-order valence-electron chi connectivity index (χ2n) is 22.5. The number of ether oxygens (including phenoxy) is 4. The maximum atomic E-state index is 14.7. The largest absolute Gasteiger partial charge is 0.462 e. The summed E-state index contributed by atoms with van der Waals surface area (Å²) in [5.74, 6) is -6.45. The molecule has 3 aliphatic heterocycles. The summed E-state index contributed by atoms with van der Waals surface area (Å²) in [4.78, 5) is 57.7. The Morgan fingerprint density at radius 3 is 1.21 bits per heavy atom. The normalized spacial score (nSPS) is 25.0. The van der Waals surface area contributed by atoms with Crippen LogP contribution in [0.4, 0.5) is 0 Å². The Bertz CT molecular complexity index is 1490. The van der Waals surface area contributed by atoms with Crippen LogP contribution in [0, 0.1) is 11.8 Å². The van der Waals surface area contributed by atoms with E-state index in [-0.39, 0.29) is 32.1 Å². The van der Waals surface area contributed by atoms with Crippen molar-refractivity contribution in [3.63, 3.8) is 0 Å². The second kappa shape index (κ2) is 19.3. The summed E-state index contributed by atoms with van der Waals surface area (Å²) < 4.78 is 24.5. The van der Waals surface area contributed by atoms with Crippen molar-refractivity contribution in [3.05, 3.63) is 0 Å². The first-order valence-corrected chi connectivity index (χ1v) is 22.3. The lowest BCUT2D eigenvalue weighted by Gasteiger charge is -2.51. The fourth-order valence-corrected chi connectivity index (χ4v) is 10.5. The third-order valence-corrected chi connectivity index (χ3v) is 13.2. The zero-order valence-electron chi connectivity index (χ0n) is 40.3.